The van der Waals surface area contributed by atoms with Gasteiger partial charge in [-0.05, 0) is 43.7 Å². The van der Waals surface area contributed by atoms with Crippen molar-refractivity contribution in [2.45, 2.75) is 20.3 Å². The third kappa shape index (κ3) is 4.74. The van der Waals surface area contributed by atoms with E-state index >= 15 is 0 Å². The Morgan fingerprint density at radius 3 is 2.48 bits per heavy atom. The smallest absolute Gasteiger partial charge is 0.226 e. The quantitative estimate of drug-likeness (QED) is 0.605. The Labute approximate surface area is 183 Å². The van der Waals surface area contributed by atoms with Crippen molar-refractivity contribution in [1.29, 1.82) is 0 Å². The van der Waals surface area contributed by atoms with Crippen molar-refractivity contribution in [2.24, 2.45) is 0 Å². The maximum atomic E-state index is 12.6. The Morgan fingerprint density at radius 1 is 1.03 bits per heavy atom. The number of aromatic nitrogens is 1. The number of pyridine rings is 1. The molecule has 162 valence electrons. The van der Waals surface area contributed by atoms with E-state index in [-0.39, 0.29) is 5.91 Å². The first-order valence-electron chi connectivity index (χ1n) is 10.7. The molecule has 0 bridgehead atoms. The molecule has 0 radical (unpaired) electrons. The number of carbonyl (C=O) groups is 1. The minimum absolute atomic E-state index is 0.135. The van der Waals surface area contributed by atoms with Gasteiger partial charge in [0, 0.05) is 31.6 Å². The third-order valence-corrected chi connectivity index (χ3v) is 5.78. The van der Waals surface area contributed by atoms with Gasteiger partial charge < -0.3 is 19.3 Å². The monoisotopic (exact) mass is 419 g/mol. The highest BCUT2D eigenvalue weighted by atomic mass is 16.5. The summed E-state index contributed by atoms with van der Waals surface area (Å²) in [6.07, 6.45) is 0.387. The number of hydrogen-bond donors (Lipinski definition) is 0. The Morgan fingerprint density at radius 2 is 1.77 bits per heavy atom. The zero-order chi connectivity index (χ0) is 21.8. The van der Waals surface area contributed by atoms with Gasteiger partial charge in [-0.15, -0.1) is 0 Å². The molecular weight excluding hydrogens is 390 g/mol. The molecule has 1 fully saturated rings. The van der Waals surface area contributed by atoms with Crippen LogP contribution in [0.5, 0.6) is 11.5 Å². The Hall–Kier alpha value is -3.28. The average Bonchev–Trinajstić information content (AvgIpc) is 2.80. The number of carbonyl (C=O) groups excluding carboxylic acids is 1. The van der Waals surface area contributed by atoms with Crippen molar-refractivity contribution in [2.75, 3.05) is 44.8 Å². The van der Waals surface area contributed by atoms with Crippen LogP contribution in [0.3, 0.4) is 0 Å². The summed E-state index contributed by atoms with van der Waals surface area (Å²) < 4.78 is 11.2. The molecule has 0 N–H and O–H groups in total. The van der Waals surface area contributed by atoms with Crippen molar-refractivity contribution < 1.29 is 14.3 Å². The number of rotatable bonds is 6. The highest BCUT2D eigenvalue weighted by Gasteiger charge is 2.22. The molecule has 2 aromatic carbocycles. The highest BCUT2D eigenvalue weighted by Crippen LogP contribution is 2.29. The molecule has 1 saturated heterocycles. The van der Waals surface area contributed by atoms with E-state index in [1.54, 1.807) is 7.11 Å². The number of ether oxygens (including phenoxy) is 2. The van der Waals surface area contributed by atoms with E-state index in [2.05, 4.69) is 24.0 Å². The number of para-hydroxylation sites is 1. The lowest BCUT2D eigenvalue weighted by molar-refractivity contribution is -0.132. The second-order valence-corrected chi connectivity index (χ2v) is 7.93. The van der Waals surface area contributed by atoms with Crippen LogP contribution in [-0.4, -0.2) is 55.7 Å². The van der Waals surface area contributed by atoms with Crippen LogP contribution < -0.4 is 14.4 Å². The van der Waals surface area contributed by atoms with E-state index in [1.165, 1.54) is 11.1 Å². The molecule has 2 heterocycles. The first-order valence-corrected chi connectivity index (χ1v) is 10.7. The van der Waals surface area contributed by atoms with Gasteiger partial charge in [-0.3, -0.25) is 4.79 Å². The average molecular weight is 420 g/mol. The van der Waals surface area contributed by atoms with E-state index in [1.807, 2.05) is 48.2 Å². The van der Waals surface area contributed by atoms with Gasteiger partial charge in [0.15, 0.2) is 0 Å². The predicted molar refractivity (Wildman–Crippen MR) is 123 cm³/mol. The van der Waals surface area contributed by atoms with E-state index in [0.29, 0.717) is 26.1 Å². The fourth-order valence-corrected chi connectivity index (χ4v) is 3.93. The normalized spacial score (nSPS) is 14.0. The van der Waals surface area contributed by atoms with Crippen LogP contribution in [0.25, 0.3) is 10.9 Å². The summed E-state index contributed by atoms with van der Waals surface area (Å²) in [6.45, 7) is 7.43. The summed E-state index contributed by atoms with van der Waals surface area (Å²) in [6, 6.07) is 16.0. The Balaban J connectivity index is 1.34. The minimum atomic E-state index is 0.135. The standard InChI is InChI=1S/C25H29N3O3/c1-18-7-9-20(10-8-18)31-16-11-24(29)28-14-12-27(13-15-28)23-17-19(2)21-5-4-6-22(30-3)25(21)26-23/h4-10,17H,11-16H2,1-3H3. The van der Waals surface area contributed by atoms with Crippen molar-refractivity contribution in [1.82, 2.24) is 9.88 Å². The molecular formula is C25H29N3O3. The maximum Gasteiger partial charge on any atom is 0.226 e. The lowest BCUT2D eigenvalue weighted by Crippen LogP contribution is -2.49. The summed E-state index contributed by atoms with van der Waals surface area (Å²) in [5, 5.41) is 1.10. The second kappa shape index (κ2) is 9.25. The van der Waals surface area contributed by atoms with Crippen LogP contribution in [0.2, 0.25) is 0 Å². The molecule has 6 nitrogen and oxygen atoms in total. The number of anilines is 1. The number of hydrogen-bond acceptors (Lipinski definition) is 5. The molecule has 1 aromatic heterocycles. The number of benzene rings is 2. The molecule has 3 aromatic rings. The van der Waals surface area contributed by atoms with Gasteiger partial charge in [0.1, 0.15) is 22.8 Å². The molecule has 4 rings (SSSR count). The largest absolute Gasteiger partial charge is 0.494 e. The van der Waals surface area contributed by atoms with Gasteiger partial charge in [0.25, 0.3) is 0 Å². The van der Waals surface area contributed by atoms with Crippen molar-refractivity contribution in [3.05, 3.63) is 59.7 Å². The van der Waals surface area contributed by atoms with Crippen LogP contribution in [0.4, 0.5) is 5.82 Å². The van der Waals surface area contributed by atoms with Gasteiger partial charge in [-0.1, -0.05) is 29.8 Å². The lowest BCUT2D eigenvalue weighted by atomic mass is 10.1. The SMILES string of the molecule is COc1cccc2c(C)cc(N3CCN(C(=O)CCOc4ccc(C)cc4)CC3)nc12. The molecule has 0 unspecified atom stereocenters. The minimum Gasteiger partial charge on any atom is -0.494 e. The van der Waals surface area contributed by atoms with Crippen LogP contribution in [0.1, 0.15) is 17.5 Å². The van der Waals surface area contributed by atoms with Crippen molar-refractivity contribution >= 4 is 22.6 Å². The third-order valence-electron chi connectivity index (χ3n) is 5.78. The number of fused-ring (bicyclic) bond motifs is 1. The molecule has 0 atom stereocenters. The summed E-state index contributed by atoms with van der Waals surface area (Å²) in [5.74, 6) is 2.65. The number of methoxy groups -OCH3 is 1. The second-order valence-electron chi connectivity index (χ2n) is 7.93. The Bertz CT molecular complexity index is 1060. The molecule has 0 spiro atoms. The number of piperazine rings is 1. The van der Waals surface area contributed by atoms with Gasteiger partial charge in [0.2, 0.25) is 5.91 Å². The van der Waals surface area contributed by atoms with Crippen molar-refractivity contribution in [3.63, 3.8) is 0 Å². The topological polar surface area (TPSA) is 54.9 Å². The summed E-state index contributed by atoms with van der Waals surface area (Å²) in [4.78, 5) is 21.6. The Kier molecular flexibility index (Phi) is 6.26. The zero-order valence-corrected chi connectivity index (χ0v) is 18.4. The number of amides is 1. The van der Waals surface area contributed by atoms with Gasteiger partial charge in [0.05, 0.1) is 20.1 Å². The fourth-order valence-electron chi connectivity index (χ4n) is 3.93. The zero-order valence-electron chi connectivity index (χ0n) is 18.4. The molecule has 1 aliphatic heterocycles. The molecule has 6 heteroatoms. The molecule has 31 heavy (non-hydrogen) atoms. The molecule has 1 aliphatic rings. The first-order chi connectivity index (χ1) is 15.0. The summed E-state index contributed by atoms with van der Waals surface area (Å²) in [7, 11) is 1.67. The van der Waals surface area contributed by atoms with E-state index < -0.39 is 0 Å². The number of nitrogens with zero attached hydrogens (tertiary/aromatic N) is 3. The molecule has 1 amide bonds. The lowest BCUT2D eigenvalue weighted by Gasteiger charge is -2.35. The van der Waals surface area contributed by atoms with Gasteiger partial charge in [-0.25, -0.2) is 4.98 Å². The van der Waals surface area contributed by atoms with Crippen LogP contribution in [0.15, 0.2) is 48.5 Å². The molecule has 0 saturated carbocycles. The van der Waals surface area contributed by atoms with Crippen LogP contribution >= 0.6 is 0 Å². The summed E-state index contributed by atoms with van der Waals surface area (Å²) >= 11 is 0. The fraction of sp³-hybridized carbons (Fsp3) is 0.360. The molecule has 0 aliphatic carbocycles. The first kappa shape index (κ1) is 21.0. The van der Waals surface area contributed by atoms with Gasteiger partial charge in [-0.2, -0.15) is 0 Å². The van der Waals surface area contributed by atoms with Crippen LogP contribution in [0, 0.1) is 13.8 Å². The predicted octanol–water partition coefficient (Wildman–Crippen LogP) is 3.98. The highest BCUT2D eigenvalue weighted by molar-refractivity contribution is 5.89. The van der Waals surface area contributed by atoms with E-state index in [9.17, 15) is 4.79 Å². The van der Waals surface area contributed by atoms with E-state index in [4.69, 9.17) is 14.5 Å². The summed E-state index contributed by atoms with van der Waals surface area (Å²) in [5.41, 5.74) is 3.24. The van der Waals surface area contributed by atoms with E-state index in [0.717, 1.165) is 41.3 Å². The van der Waals surface area contributed by atoms with Gasteiger partial charge >= 0.3 is 0 Å². The van der Waals surface area contributed by atoms with Crippen LogP contribution in [-0.2, 0) is 4.79 Å². The van der Waals surface area contributed by atoms with Crippen molar-refractivity contribution in [3.8, 4) is 11.5 Å². The number of aryl methyl sites for hydroxylation is 2. The maximum absolute atomic E-state index is 12.6.